The number of guanidine groups is 1. The Bertz CT molecular complexity index is 668. The molecule has 0 aromatic heterocycles. The average Bonchev–Trinajstić information content (AvgIpc) is 2.55. The molecule has 0 radical (unpaired) electrons. The Morgan fingerprint density at radius 1 is 1.17 bits per heavy atom. The molecule has 2 N–H and O–H groups in total. The zero-order chi connectivity index (χ0) is 16.7. The molecule has 122 valence electrons. The van der Waals surface area contributed by atoms with Crippen molar-refractivity contribution in [2.45, 2.75) is 20.4 Å². The summed E-state index contributed by atoms with van der Waals surface area (Å²) in [6, 6.07) is 13.9. The number of aryl methyl sites for hydroxylation is 1. The lowest BCUT2D eigenvalue weighted by Gasteiger charge is -2.10. The molecule has 5 heteroatoms. The van der Waals surface area contributed by atoms with Crippen LogP contribution in [0.1, 0.15) is 18.1 Å². The molecule has 0 aliphatic carbocycles. The van der Waals surface area contributed by atoms with Crippen molar-refractivity contribution >= 4 is 23.2 Å². The number of rotatable bonds is 5. The predicted octanol–water partition coefficient (Wildman–Crippen LogP) is 4.04. The summed E-state index contributed by atoms with van der Waals surface area (Å²) in [6.07, 6.45) is 0. The van der Waals surface area contributed by atoms with E-state index in [1.54, 1.807) is 6.07 Å². The van der Waals surface area contributed by atoms with E-state index in [4.69, 9.17) is 16.3 Å². The lowest BCUT2D eigenvalue weighted by molar-refractivity contribution is 0.340. The van der Waals surface area contributed by atoms with Gasteiger partial charge >= 0.3 is 0 Å². The van der Waals surface area contributed by atoms with Gasteiger partial charge in [-0.3, -0.25) is 0 Å². The van der Waals surface area contributed by atoms with Crippen molar-refractivity contribution in [2.24, 2.45) is 4.99 Å². The van der Waals surface area contributed by atoms with Gasteiger partial charge in [0.25, 0.3) is 0 Å². The van der Waals surface area contributed by atoms with E-state index in [9.17, 15) is 0 Å². The number of benzene rings is 2. The number of hydrogen-bond acceptors (Lipinski definition) is 2. The molecule has 0 spiro atoms. The van der Waals surface area contributed by atoms with Gasteiger partial charge in [0.2, 0.25) is 0 Å². The van der Waals surface area contributed by atoms with Gasteiger partial charge in [-0.1, -0.05) is 41.4 Å². The molecule has 0 aliphatic heterocycles. The van der Waals surface area contributed by atoms with Crippen molar-refractivity contribution in [1.29, 1.82) is 0 Å². The molecule has 0 amide bonds. The van der Waals surface area contributed by atoms with Crippen LogP contribution in [0, 0.1) is 6.92 Å². The molecule has 0 bridgehead atoms. The van der Waals surface area contributed by atoms with E-state index in [-0.39, 0.29) is 0 Å². The van der Waals surface area contributed by atoms with Crippen LogP contribution in [-0.4, -0.2) is 19.6 Å². The van der Waals surface area contributed by atoms with Crippen LogP contribution in [0.15, 0.2) is 47.5 Å². The normalized spacial score (nSPS) is 11.2. The lowest BCUT2D eigenvalue weighted by atomic mass is 10.1. The van der Waals surface area contributed by atoms with Crippen molar-refractivity contribution in [3.8, 4) is 5.75 Å². The third-order valence-corrected chi connectivity index (χ3v) is 3.57. The molecule has 23 heavy (non-hydrogen) atoms. The fraction of sp³-hybridized carbons (Fsp3) is 0.278. The summed E-state index contributed by atoms with van der Waals surface area (Å²) in [4.78, 5) is 4.53. The highest BCUT2D eigenvalue weighted by Gasteiger charge is 2.03. The molecule has 0 heterocycles. The standard InChI is InChI=1S/C18H22ClN3O/c1-4-23-17-10-9-15(11-16(17)19)22-18(20-3)21-12-14-7-5-13(2)6-8-14/h5-11H,4,12H2,1-3H3,(H2,20,21,22). The van der Waals surface area contributed by atoms with Gasteiger partial charge in [0, 0.05) is 13.6 Å². The minimum absolute atomic E-state index is 0.557. The second kappa shape index (κ2) is 8.44. The minimum atomic E-state index is 0.557. The van der Waals surface area contributed by atoms with Crippen molar-refractivity contribution in [2.75, 3.05) is 13.7 Å². The first-order valence-electron chi connectivity index (χ1n) is 7.60. The minimum Gasteiger partial charge on any atom is -0.492 e. The maximum atomic E-state index is 6.19. The van der Waals surface area contributed by atoms with Crippen LogP contribution in [0.5, 0.6) is 5.75 Å². The Morgan fingerprint density at radius 3 is 2.52 bits per heavy atom. The Hall–Kier alpha value is -2.20. The third-order valence-electron chi connectivity index (χ3n) is 3.27. The van der Waals surface area contributed by atoms with Gasteiger partial charge < -0.3 is 15.4 Å². The smallest absolute Gasteiger partial charge is 0.196 e. The first-order valence-corrected chi connectivity index (χ1v) is 7.98. The molecule has 0 unspecified atom stereocenters. The summed E-state index contributed by atoms with van der Waals surface area (Å²) in [5, 5.41) is 6.89. The summed E-state index contributed by atoms with van der Waals surface area (Å²) in [7, 11) is 1.83. The Labute approximate surface area is 142 Å². The zero-order valence-electron chi connectivity index (χ0n) is 13.7. The first-order chi connectivity index (χ1) is 11.1. The molecule has 2 aromatic carbocycles. The summed E-state index contributed by atoms with van der Waals surface area (Å²) >= 11 is 6.19. The van der Waals surface area contributed by atoms with Crippen LogP contribution in [0.25, 0.3) is 0 Å². The number of hydrogen-bond donors (Lipinski definition) is 2. The highest BCUT2D eigenvalue weighted by atomic mass is 35.5. The highest BCUT2D eigenvalue weighted by Crippen LogP contribution is 2.28. The summed E-state index contributed by atoms with van der Waals surface area (Å²) in [5.41, 5.74) is 3.21. The summed E-state index contributed by atoms with van der Waals surface area (Å²) < 4.78 is 5.43. The number of aliphatic imine (C=N–C) groups is 1. The maximum absolute atomic E-state index is 6.19. The largest absolute Gasteiger partial charge is 0.492 e. The molecule has 0 saturated heterocycles. The third kappa shape index (κ3) is 5.18. The lowest BCUT2D eigenvalue weighted by Crippen LogP contribution is -2.33. The molecular weight excluding hydrogens is 310 g/mol. The maximum Gasteiger partial charge on any atom is 0.196 e. The fourth-order valence-electron chi connectivity index (χ4n) is 2.04. The van der Waals surface area contributed by atoms with Gasteiger partial charge in [-0.2, -0.15) is 0 Å². The van der Waals surface area contributed by atoms with E-state index in [1.807, 2.05) is 26.1 Å². The van der Waals surface area contributed by atoms with Gasteiger partial charge in [0.15, 0.2) is 5.96 Å². The monoisotopic (exact) mass is 331 g/mol. The van der Waals surface area contributed by atoms with Crippen LogP contribution in [-0.2, 0) is 6.54 Å². The van der Waals surface area contributed by atoms with E-state index >= 15 is 0 Å². The van der Waals surface area contributed by atoms with Crippen LogP contribution in [0.4, 0.5) is 5.69 Å². The first kappa shape index (κ1) is 17.2. The molecule has 4 nitrogen and oxygen atoms in total. The molecule has 0 saturated carbocycles. The summed E-state index contributed by atoms with van der Waals surface area (Å²) in [5.74, 6) is 1.36. The van der Waals surface area contributed by atoms with Crippen molar-refractivity contribution in [3.63, 3.8) is 0 Å². The molecule has 2 aromatic rings. The van der Waals surface area contributed by atoms with Gasteiger partial charge in [-0.05, 0) is 37.6 Å². The van der Waals surface area contributed by atoms with Gasteiger partial charge in [-0.15, -0.1) is 0 Å². The molecular formula is C18H22ClN3O. The number of ether oxygens (including phenoxy) is 1. The number of halogens is 1. The van der Waals surface area contributed by atoms with Gasteiger partial charge in [-0.25, -0.2) is 4.99 Å². The number of nitrogens with zero attached hydrogens (tertiary/aromatic N) is 1. The quantitative estimate of drug-likeness (QED) is 0.642. The van der Waals surface area contributed by atoms with E-state index in [0.717, 1.165) is 5.69 Å². The van der Waals surface area contributed by atoms with E-state index < -0.39 is 0 Å². The molecule has 0 atom stereocenters. The second-order valence-electron chi connectivity index (χ2n) is 5.10. The van der Waals surface area contributed by atoms with Crippen molar-refractivity contribution < 1.29 is 4.74 Å². The van der Waals surface area contributed by atoms with Gasteiger partial charge in [0.1, 0.15) is 5.75 Å². The second-order valence-corrected chi connectivity index (χ2v) is 5.50. The van der Waals surface area contributed by atoms with Gasteiger partial charge in [0.05, 0.1) is 17.3 Å². The Balaban J connectivity index is 2.05. The predicted molar refractivity (Wildman–Crippen MR) is 96.8 cm³/mol. The SMILES string of the molecule is CCOc1ccc(/N=C(\NC)NCc2ccc(C)cc2)cc1Cl. The number of nitrogens with one attached hydrogen (secondary N) is 2. The zero-order valence-corrected chi connectivity index (χ0v) is 14.4. The fourth-order valence-corrected chi connectivity index (χ4v) is 2.27. The van der Waals surface area contributed by atoms with Crippen molar-refractivity contribution in [1.82, 2.24) is 10.6 Å². The highest BCUT2D eigenvalue weighted by molar-refractivity contribution is 6.32. The van der Waals surface area contributed by atoms with Crippen LogP contribution >= 0.6 is 11.6 Å². The van der Waals surface area contributed by atoms with Crippen LogP contribution < -0.4 is 15.4 Å². The van der Waals surface area contributed by atoms with E-state index in [0.29, 0.717) is 29.9 Å². The van der Waals surface area contributed by atoms with Crippen LogP contribution in [0.2, 0.25) is 5.02 Å². The van der Waals surface area contributed by atoms with Crippen molar-refractivity contribution in [3.05, 3.63) is 58.6 Å². The van der Waals surface area contributed by atoms with E-state index in [2.05, 4.69) is 46.8 Å². The topological polar surface area (TPSA) is 45.6 Å². The Morgan fingerprint density at radius 2 is 1.91 bits per heavy atom. The Kier molecular flexibility index (Phi) is 6.29. The molecule has 2 rings (SSSR count). The molecule has 0 aliphatic rings. The van der Waals surface area contributed by atoms with Crippen LogP contribution in [0.3, 0.4) is 0 Å². The van der Waals surface area contributed by atoms with E-state index in [1.165, 1.54) is 11.1 Å². The molecule has 0 fully saturated rings. The summed E-state index contributed by atoms with van der Waals surface area (Å²) in [6.45, 7) is 5.29. The average molecular weight is 332 g/mol.